The van der Waals surface area contributed by atoms with Gasteiger partial charge < -0.3 is 10.3 Å². The average molecular weight is 318 g/mol. The van der Waals surface area contributed by atoms with Crippen LogP contribution in [0.25, 0.3) is 11.3 Å². The van der Waals surface area contributed by atoms with E-state index in [1.807, 2.05) is 38.1 Å². The molecule has 0 radical (unpaired) electrons. The number of nitrogens with zero attached hydrogens (tertiary/aromatic N) is 4. The van der Waals surface area contributed by atoms with Gasteiger partial charge in [0, 0.05) is 17.7 Å². The molecular weight excluding hydrogens is 302 g/mol. The minimum Gasteiger partial charge on any atom is -0.361 e. The van der Waals surface area contributed by atoms with Gasteiger partial charge in [0.1, 0.15) is 11.5 Å². The molecule has 0 spiro atoms. The number of benzene rings is 1. The van der Waals surface area contributed by atoms with Crippen molar-refractivity contribution in [2.24, 2.45) is 5.73 Å². The van der Waals surface area contributed by atoms with Crippen molar-refractivity contribution in [2.75, 3.05) is 0 Å². The number of aryl methyl sites for hydroxylation is 2. The maximum atomic E-state index is 6.32. The summed E-state index contributed by atoms with van der Waals surface area (Å²) in [5.74, 6) is 0.771. The van der Waals surface area contributed by atoms with Crippen LogP contribution in [0.3, 0.4) is 0 Å². The van der Waals surface area contributed by atoms with Gasteiger partial charge in [-0.3, -0.25) is 0 Å². The molecular formula is C15H16ClN5O. The van der Waals surface area contributed by atoms with Crippen LogP contribution in [-0.2, 0) is 13.1 Å². The number of nitrogens with two attached hydrogens (primary N) is 1. The van der Waals surface area contributed by atoms with Gasteiger partial charge >= 0.3 is 0 Å². The first kappa shape index (κ1) is 14.7. The summed E-state index contributed by atoms with van der Waals surface area (Å²) in [5, 5.41) is 13.0. The Balaban J connectivity index is 2.10. The summed E-state index contributed by atoms with van der Waals surface area (Å²) < 4.78 is 7.00. The van der Waals surface area contributed by atoms with E-state index in [1.165, 1.54) is 0 Å². The Morgan fingerprint density at radius 3 is 2.68 bits per heavy atom. The highest BCUT2D eigenvalue weighted by Crippen LogP contribution is 2.30. The SMILES string of the molecule is Cc1noc(C)c1Cn1nnc(CN)c1-c1ccccc1Cl. The van der Waals surface area contributed by atoms with Gasteiger partial charge in [0.05, 0.1) is 23.0 Å². The zero-order chi connectivity index (χ0) is 15.7. The van der Waals surface area contributed by atoms with Gasteiger partial charge in [0.25, 0.3) is 0 Å². The number of aromatic nitrogens is 4. The van der Waals surface area contributed by atoms with Crippen LogP contribution >= 0.6 is 11.6 Å². The number of hydrogen-bond acceptors (Lipinski definition) is 5. The fourth-order valence-electron chi connectivity index (χ4n) is 2.42. The lowest BCUT2D eigenvalue weighted by Gasteiger charge is -2.09. The molecule has 2 aromatic heterocycles. The van der Waals surface area contributed by atoms with Gasteiger partial charge in [-0.15, -0.1) is 5.10 Å². The first-order valence-corrected chi connectivity index (χ1v) is 7.28. The van der Waals surface area contributed by atoms with E-state index in [1.54, 1.807) is 4.68 Å². The fraction of sp³-hybridized carbons (Fsp3) is 0.267. The molecule has 7 heteroatoms. The third-order valence-electron chi connectivity index (χ3n) is 3.62. The van der Waals surface area contributed by atoms with Crippen molar-refractivity contribution in [1.82, 2.24) is 20.2 Å². The molecule has 6 nitrogen and oxygen atoms in total. The van der Waals surface area contributed by atoms with Crippen LogP contribution in [-0.4, -0.2) is 20.2 Å². The minimum absolute atomic E-state index is 0.294. The van der Waals surface area contributed by atoms with Crippen molar-refractivity contribution in [2.45, 2.75) is 26.9 Å². The second kappa shape index (κ2) is 5.90. The number of hydrogen-bond donors (Lipinski definition) is 1. The molecule has 3 rings (SSSR count). The molecule has 0 bridgehead atoms. The van der Waals surface area contributed by atoms with Crippen molar-refractivity contribution in [3.8, 4) is 11.3 Å². The third-order valence-corrected chi connectivity index (χ3v) is 3.95. The van der Waals surface area contributed by atoms with E-state index in [4.69, 9.17) is 21.9 Å². The Bertz CT molecular complexity index is 789. The lowest BCUT2D eigenvalue weighted by Crippen LogP contribution is -2.07. The van der Waals surface area contributed by atoms with Gasteiger partial charge in [-0.25, -0.2) is 4.68 Å². The molecule has 0 aliphatic rings. The predicted molar refractivity (Wildman–Crippen MR) is 83.4 cm³/mol. The normalized spacial score (nSPS) is 11.1. The summed E-state index contributed by atoms with van der Waals surface area (Å²) in [5.41, 5.74) is 10.0. The molecule has 3 aromatic rings. The number of halogens is 1. The maximum absolute atomic E-state index is 6.32. The number of rotatable bonds is 4. The third kappa shape index (κ3) is 2.51. The quantitative estimate of drug-likeness (QED) is 0.800. The van der Waals surface area contributed by atoms with Crippen LogP contribution < -0.4 is 5.73 Å². The van der Waals surface area contributed by atoms with Gasteiger partial charge in [-0.2, -0.15) is 0 Å². The predicted octanol–water partition coefficient (Wildman–Crippen LogP) is 2.71. The fourth-order valence-corrected chi connectivity index (χ4v) is 2.65. The maximum Gasteiger partial charge on any atom is 0.138 e. The Kier molecular flexibility index (Phi) is 3.96. The van der Waals surface area contributed by atoms with Crippen LogP contribution in [0, 0.1) is 13.8 Å². The van der Waals surface area contributed by atoms with E-state index >= 15 is 0 Å². The van der Waals surface area contributed by atoms with Crippen molar-refractivity contribution >= 4 is 11.6 Å². The van der Waals surface area contributed by atoms with E-state index in [0.717, 1.165) is 28.3 Å². The largest absolute Gasteiger partial charge is 0.361 e. The summed E-state index contributed by atoms with van der Waals surface area (Å²) in [6, 6.07) is 7.58. The second-order valence-corrected chi connectivity index (χ2v) is 5.44. The lowest BCUT2D eigenvalue weighted by molar-refractivity contribution is 0.391. The zero-order valence-corrected chi connectivity index (χ0v) is 13.1. The van der Waals surface area contributed by atoms with Crippen molar-refractivity contribution in [3.05, 3.63) is 52.0 Å². The van der Waals surface area contributed by atoms with E-state index in [9.17, 15) is 0 Å². The van der Waals surface area contributed by atoms with Crippen LogP contribution in [0.5, 0.6) is 0 Å². The first-order chi connectivity index (χ1) is 10.6. The molecule has 0 unspecified atom stereocenters. The van der Waals surface area contributed by atoms with Gasteiger partial charge in [0.15, 0.2) is 0 Å². The molecule has 0 atom stereocenters. The topological polar surface area (TPSA) is 82.8 Å². The van der Waals surface area contributed by atoms with Crippen LogP contribution in [0.4, 0.5) is 0 Å². The van der Waals surface area contributed by atoms with Crippen LogP contribution in [0.1, 0.15) is 22.7 Å². The Morgan fingerprint density at radius 1 is 1.27 bits per heavy atom. The van der Waals surface area contributed by atoms with Crippen molar-refractivity contribution in [3.63, 3.8) is 0 Å². The highest BCUT2D eigenvalue weighted by atomic mass is 35.5. The molecule has 0 fully saturated rings. The Morgan fingerprint density at radius 2 is 2.05 bits per heavy atom. The zero-order valence-electron chi connectivity index (χ0n) is 12.4. The van der Waals surface area contributed by atoms with E-state index in [0.29, 0.717) is 23.8 Å². The van der Waals surface area contributed by atoms with Crippen molar-refractivity contribution < 1.29 is 4.52 Å². The molecule has 0 saturated heterocycles. The first-order valence-electron chi connectivity index (χ1n) is 6.91. The van der Waals surface area contributed by atoms with E-state index in [-0.39, 0.29) is 0 Å². The highest BCUT2D eigenvalue weighted by Gasteiger charge is 2.19. The Labute approximate surface area is 132 Å². The van der Waals surface area contributed by atoms with Crippen LogP contribution in [0.2, 0.25) is 5.02 Å². The molecule has 2 N–H and O–H groups in total. The van der Waals surface area contributed by atoms with E-state index in [2.05, 4.69) is 15.5 Å². The van der Waals surface area contributed by atoms with Gasteiger partial charge in [-0.1, -0.05) is 40.2 Å². The molecule has 1 aromatic carbocycles. The van der Waals surface area contributed by atoms with Gasteiger partial charge in [0.2, 0.25) is 0 Å². The highest BCUT2D eigenvalue weighted by molar-refractivity contribution is 6.33. The second-order valence-electron chi connectivity index (χ2n) is 5.03. The molecule has 0 saturated carbocycles. The summed E-state index contributed by atoms with van der Waals surface area (Å²) in [6.07, 6.45) is 0. The monoisotopic (exact) mass is 317 g/mol. The average Bonchev–Trinajstić information content (AvgIpc) is 3.06. The molecule has 0 aliphatic heterocycles. The smallest absolute Gasteiger partial charge is 0.138 e. The molecule has 114 valence electrons. The van der Waals surface area contributed by atoms with E-state index < -0.39 is 0 Å². The molecule has 2 heterocycles. The van der Waals surface area contributed by atoms with Crippen molar-refractivity contribution in [1.29, 1.82) is 0 Å². The lowest BCUT2D eigenvalue weighted by atomic mass is 10.1. The summed E-state index contributed by atoms with van der Waals surface area (Å²) in [7, 11) is 0. The van der Waals surface area contributed by atoms with Crippen LogP contribution in [0.15, 0.2) is 28.8 Å². The summed E-state index contributed by atoms with van der Waals surface area (Å²) in [6.45, 7) is 4.59. The molecule has 22 heavy (non-hydrogen) atoms. The minimum atomic E-state index is 0.294. The Hall–Kier alpha value is -2.18. The summed E-state index contributed by atoms with van der Waals surface area (Å²) >= 11 is 6.32. The molecule has 0 aliphatic carbocycles. The standard InChI is InChI=1S/C15H16ClN5O/c1-9-12(10(2)22-19-9)8-21-15(14(7-17)18-20-21)11-5-3-4-6-13(11)16/h3-6H,7-8,17H2,1-2H3. The molecule has 0 amide bonds. The summed E-state index contributed by atoms with van der Waals surface area (Å²) in [4.78, 5) is 0. The van der Waals surface area contributed by atoms with Gasteiger partial charge in [-0.05, 0) is 19.9 Å².